The highest BCUT2D eigenvalue weighted by Gasteiger charge is 1.87. The SMILES string of the molecule is CCS/C(Br)=N\CBr. The van der Waals surface area contributed by atoms with Crippen LogP contribution in [-0.2, 0) is 0 Å². The van der Waals surface area contributed by atoms with E-state index in [-0.39, 0.29) is 0 Å². The quantitative estimate of drug-likeness (QED) is 0.322. The van der Waals surface area contributed by atoms with Crippen LogP contribution in [0, 0.1) is 0 Å². The lowest BCUT2D eigenvalue weighted by molar-refractivity contribution is 1.43. The van der Waals surface area contributed by atoms with Crippen LogP contribution < -0.4 is 0 Å². The Morgan fingerprint density at radius 1 is 1.75 bits per heavy atom. The van der Waals surface area contributed by atoms with Crippen LogP contribution >= 0.6 is 43.6 Å². The third-order valence-electron chi connectivity index (χ3n) is 0.448. The van der Waals surface area contributed by atoms with Gasteiger partial charge in [0.25, 0.3) is 0 Å². The Balaban J connectivity index is 3.29. The molecule has 0 saturated carbocycles. The van der Waals surface area contributed by atoms with Crippen molar-refractivity contribution in [1.29, 1.82) is 0 Å². The Hall–Kier alpha value is 0.980. The molecule has 0 unspecified atom stereocenters. The van der Waals surface area contributed by atoms with Gasteiger partial charge in [0.05, 0.1) is 5.45 Å². The number of rotatable bonds is 2. The van der Waals surface area contributed by atoms with Gasteiger partial charge in [-0.15, -0.1) is 0 Å². The maximum Gasteiger partial charge on any atom is 0.134 e. The fourth-order valence-electron chi connectivity index (χ4n) is 0.212. The Morgan fingerprint density at radius 2 is 2.38 bits per heavy atom. The Labute approximate surface area is 70.6 Å². The molecule has 0 radical (unpaired) electrons. The summed E-state index contributed by atoms with van der Waals surface area (Å²) in [5.41, 5.74) is 0.681. The molecule has 0 aliphatic rings. The molecular weight excluding hydrogens is 254 g/mol. The molecule has 0 spiro atoms. The van der Waals surface area contributed by atoms with Crippen LogP contribution in [0.15, 0.2) is 4.99 Å². The lowest BCUT2D eigenvalue weighted by Gasteiger charge is -1.89. The molecule has 0 fully saturated rings. The number of hydrogen-bond acceptors (Lipinski definition) is 2. The van der Waals surface area contributed by atoms with Crippen LogP contribution in [0.1, 0.15) is 6.92 Å². The summed E-state index contributed by atoms with van der Waals surface area (Å²) in [6.07, 6.45) is 0. The zero-order valence-electron chi connectivity index (χ0n) is 4.53. The highest BCUT2D eigenvalue weighted by atomic mass is 79.9. The van der Waals surface area contributed by atoms with E-state index >= 15 is 0 Å². The average Bonchev–Trinajstić information content (AvgIpc) is 1.68. The topological polar surface area (TPSA) is 12.4 Å². The second-order valence-corrected chi connectivity index (χ2v) is 3.99. The van der Waals surface area contributed by atoms with Crippen molar-refractivity contribution in [3.05, 3.63) is 0 Å². The van der Waals surface area contributed by atoms with Gasteiger partial charge in [0, 0.05) is 0 Å². The molecule has 0 bridgehead atoms. The summed E-state index contributed by atoms with van der Waals surface area (Å²) in [6, 6.07) is 0. The van der Waals surface area contributed by atoms with Crippen molar-refractivity contribution in [1.82, 2.24) is 0 Å². The molecule has 0 heterocycles. The molecule has 0 aromatic carbocycles. The Bertz CT molecular complexity index is 84.1. The van der Waals surface area contributed by atoms with Crippen molar-refractivity contribution in [3.63, 3.8) is 0 Å². The van der Waals surface area contributed by atoms with Gasteiger partial charge in [0.1, 0.15) is 3.95 Å². The summed E-state index contributed by atoms with van der Waals surface area (Å²) in [7, 11) is 0. The Morgan fingerprint density at radius 3 is 2.75 bits per heavy atom. The fourth-order valence-corrected chi connectivity index (χ4v) is 2.17. The molecule has 0 saturated heterocycles. The van der Waals surface area contributed by atoms with Gasteiger partial charge in [-0.3, -0.25) is 4.99 Å². The monoisotopic (exact) mass is 259 g/mol. The van der Waals surface area contributed by atoms with Gasteiger partial charge in [-0.1, -0.05) is 34.6 Å². The summed E-state index contributed by atoms with van der Waals surface area (Å²) >= 11 is 8.16. The van der Waals surface area contributed by atoms with Gasteiger partial charge in [0.2, 0.25) is 0 Å². The first-order valence-electron chi connectivity index (χ1n) is 2.20. The van der Waals surface area contributed by atoms with E-state index in [9.17, 15) is 0 Å². The minimum absolute atomic E-state index is 0.681. The first-order chi connectivity index (χ1) is 3.81. The van der Waals surface area contributed by atoms with Gasteiger partial charge >= 0.3 is 0 Å². The van der Waals surface area contributed by atoms with E-state index in [0.29, 0.717) is 5.45 Å². The van der Waals surface area contributed by atoms with Gasteiger partial charge in [-0.2, -0.15) is 0 Å². The standard InChI is InChI=1S/C4H7Br2NS/c1-2-8-4(6)7-3-5/h2-3H2,1H3/b7-4-. The van der Waals surface area contributed by atoms with Gasteiger partial charge in [-0.25, -0.2) is 0 Å². The number of aliphatic imine (C=N–C) groups is 1. The van der Waals surface area contributed by atoms with Crippen molar-refractivity contribution in [2.24, 2.45) is 4.99 Å². The van der Waals surface area contributed by atoms with Crippen molar-refractivity contribution < 1.29 is 0 Å². The minimum Gasteiger partial charge on any atom is -0.260 e. The normalized spacial score (nSPS) is 12.1. The van der Waals surface area contributed by atoms with Crippen LogP contribution in [0.5, 0.6) is 0 Å². The predicted octanol–water partition coefficient (Wildman–Crippen LogP) is 2.84. The van der Waals surface area contributed by atoms with E-state index in [1.54, 1.807) is 11.8 Å². The molecule has 1 nitrogen and oxygen atoms in total. The highest BCUT2D eigenvalue weighted by molar-refractivity contribution is 9.22. The van der Waals surface area contributed by atoms with Crippen molar-refractivity contribution in [2.45, 2.75) is 6.92 Å². The fraction of sp³-hybridized carbons (Fsp3) is 0.750. The van der Waals surface area contributed by atoms with Gasteiger partial charge in [-0.05, 0) is 21.7 Å². The number of alkyl halides is 1. The number of hydrogen-bond donors (Lipinski definition) is 0. The van der Waals surface area contributed by atoms with Gasteiger partial charge in [0.15, 0.2) is 0 Å². The summed E-state index contributed by atoms with van der Waals surface area (Å²) in [5, 5.41) is 0. The van der Waals surface area contributed by atoms with Crippen LogP contribution in [0.4, 0.5) is 0 Å². The number of nitrogens with zero attached hydrogens (tertiary/aromatic N) is 1. The van der Waals surface area contributed by atoms with E-state index in [1.165, 1.54) is 0 Å². The zero-order chi connectivity index (χ0) is 6.41. The Kier molecular flexibility index (Phi) is 6.85. The molecule has 0 aromatic heterocycles. The average molecular weight is 261 g/mol. The van der Waals surface area contributed by atoms with Crippen LogP contribution in [0.25, 0.3) is 0 Å². The maximum atomic E-state index is 4.03. The summed E-state index contributed by atoms with van der Waals surface area (Å²) < 4.78 is 0.969. The molecule has 8 heavy (non-hydrogen) atoms. The van der Waals surface area contributed by atoms with Crippen molar-refractivity contribution in [3.8, 4) is 0 Å². The molecule has 0 amide bonds. The maximum absolute atomic E-state index is 4.03. The van der Waals surface area contributed by atoms with Crippen LogP contribution in [-0.4, -0.2) is 15.2 Å². The first kappa shape index (κ1) is 8.98. The molecule has 0 rings (SSSR count). The van der Waals surface area contributed by atoms with Crippen molar-refractivity contribution >= 4 is 47.6 Å². The molecule has 0 atom stereocenters. The largest absolute Gasteiger partial charge is 0.260 e. The summed E-state index contributed by atoms with van der Waals surface area (Å²) in [6.45, 7) is 2.09. The summed E-state index contributed by atoms with van der Waals surface area (Å²) in [4.78, 5) is 4.03. The van der Waals surface area contributed by atoms with Crippen molar-refractivity contribution in [2.75, 3.05) is 11.2 Å². The van der Waals surface area contributed by atoms with E-state index in [1.807, 2.05) is 0 Å². The number of halogens is 2. The second-order valence-electron chi connectivity index (χ2n) is 0.964. The van der Waals surface area contributed by atoms with E-state index < -0.39 is 0 Å². The molecule has 4 heteroatoms. The van der Waals surface area contributed by atoms with Crippen LogP contribution in [0.3, 0.4) is 0 Å². The smallest absolute Gasteiger partial charge is 0.134 e. The molecule has 0 aromatic rings. The highest BCUT2D eigenvalue weighted by Crippen LogP contribution is 2.09. The van der Waals surface area contributed by atoms with Crippen LogP contribution in [0.2, 0.25) is 0 Å². The molecule has 0 N–H and O–H groups in total. The third-order valence-corrected chi connectivity index (χ3v) is 2.29. The number of thioether (sulfide) groups is 1. The summed E-state index contributed by atoms with van der Waals surface area (Å²) in [5.74, 6) is 1.07. The molecular formula is C4H7Br2NS. The molecule has 48 valence electrons. The molecule has 0 aliphatic carbocycles. The van der Waals surface area contributed by atoms with Gasteiger partial charge < -0.3 is 0 Å². The second kappa shape index (κ2) is 6.11. The first-order valence-corrected chi connectivity index (χ1v) is 5.10. The molecule has 0 aliphatic heterocycles. The zero-order valence-corrected chi connectivity index (χ0v) is 8.51. The lowest BCUT2D eigenvalue weighted by Crippen LogP contribution is -1.78. The predicted molar refractivity (Wildman–Crippen MR) is 48.3 cm³/mol. The third kappa shape index (κ3) is 5.12. The lowest BCUT2D eigenvalue weighted by atomic mass is 11.0. The minimum atomic E-state index is 0.681. The van der Waals surface area contributed by atoms with E-state index in [2.05, 4.69) is 43.8 Å². The van der Waals surface area contributed by atoms with E-state index in [0.717, 1.165) is 9.71 Å². The van der Waals surface area contributed by atoms with E-state index in [4.69, 9.17) is 0 Å².